The lowest BCUT2D eigenvalue weighted by atomic mass is 9.96. The van der Waals surface area contributed by atoms with E-state index in [1.165, 1.54) is 4.57 Å². The summed E-state index contributed by atoms with van der Waals surface area (Å²) in [6, 6.07) is 11.9. The van der Waals surface area contributed by atoms with Gasteiger partial charge in [-0.25, -0.2) is 4.98 Å². The number of carbonyl (C=O) groups is 1. The van der Waals surface area contributed by atoms with Crippen molar-refractivity contribution in [3.8, 4) is 0 Å². The number of imidazole rings is 1. The predicted octanol–water partition coefficient (Wildman–Crippen LogP) is 3.49. The van der Waals surface area contributed by atoms with Gasteiger partial charge in [-0.15, -0.1) is 0 Å². The Morgan fingerprint density at radius 2 is 2.03 bits per heavy atom. The molecule has 3 aromatic rings. The Bertz CT molecular complexity index is 1100. The smallest absolute Gasteiger partial charge is 0.251 e. The molecular formula is C23H28N4O2. The van der Waals surface area contributed by atoms with Gasteiger partial charge in [-0.3, -0.25) is 9.59 Å². The molecule has 152 valence electrons. The maximum atomic E-state index is 12.9. The highest BCUT2D eigenvalue weighted by atomic mass is 16.2. The van der Waals surface area contributed by atoms with Gasteiger partial charge in [-0.2, -0.15) is 0 Å². The molecule has 2 aromatic heterocycles. The molecule has 0 aliphatic carbocycles. The summed E-state index contributed by atoms with van der Waals surface area (Å²) in [6.07, 6.45) is 3.67. The highest BCUT2D eigenvalue weighted by molar-refractivity contribution is 5.77. The standard InChI is InChI=1S/C23H28N4O2/c1-16(2)27-20-9-5-4-8-19(20)24-23(27)18-7-6-11-25(14-18)22(29)15-26-12-10-17(3)13-21(26)28/h4-5,8-10,12-13,16,18H,6-7,11,14-15H2,1-3H3. The number of fused-ring (bicyclic) bond motifs is 1. The summed E-state index contributed by atoms with van der Waals surface area (Å²) in [7, 11) is 0. The van der Waals surface area contributed by atoms with Crippen LogP contribution in [0.15, 0.2) is 47.4 Å². The van der Waals surface area contributed by atoms with Crippen LogP contribution in [0.4, 0.5) is 0 Å². The lowest BCUT2D eigenvalue weighted by molar-refractivity contribution is -0.133. The average molecular weight is 393 g/mol. The van der Waals surface area contributed by atoms with Crippen molar-refractivity contribution in [2.24, 2.45) is 0 Å². The highest BCUT2D eigenvalue weighted by Crippen LogP contribution is 2.31. The molecule has 0 spiro atoms. The summed E-state index contributed by atoms with van der Waals surface area (Å²) in [5.74, 6) is 1.26. The molecule has 1 aromatic carbocycles. The van der Waals surface area contributed by atoms with E-state index in [1.807, 2.05) is 36.1 Å². The maximum absolute atomic E-state index is 12.9. The fourth-order valence-electron chi connectivity index (χ4n) is 4.29. The summed E-state index contributed by atoms with van der Waals surface area (Å²) in [5.41, 5.74) is 2.93. The van der Waals surface area contributed by atoms with Crippen molar-refractivity contribution in [2.45, 2.75) is 52.1 Å². The van der Waals surface area contributed by atoms with Crippen LogP contribution in [0.5, 0.6) is 0 Å². The Hall–Kier alpha value is -2.89. The number of hydrogen-bond donors (Lipinski definition) is 0. The largest absolute Gasteiger partial charge is 0.340 e. The SMILES string of the molecule is Cc1ccn(CC(=O)N2CCCC(c3nc4ccccc4n3C(C)C)C2)c(=O)c1. The first-order chi connectivity index (χ1) is 13.9. The molecule has 6 nitrogen and oxygen atoms in total. The third-order valence-electron chi connectivity index (χ3n) is 5.74. The number of aryl methyl sites for hydroxylation is 1. The number of nitrogens with zero attached hydrogens (tertiary/aromatic N) is 4. The molecule has 0 radical (unpaired) electrons. The van der Waals surface area contributed by atoms with E-state index in [9.17, 15) is 9.59 Å². The van der Waals surface area contributed by atoms with E-state index in [2.05, 4.69) is 24.5 Å². The van der Waals surface area contributed by atoms with Crippen LogP contribution >= 0.6 is 0 Å². The second-order valence-corrected chi connectivity index (χ2v) is 8.27. The monoisotopic (exact) mass is 392 g/mol. The second-order valence-electron chi connectivity index (χ2n) is 8.27. The number of para-hydroxylation sites is 2. The normalized spacial score (nSPS) is 17.2. The number of rotatable bonds is 4. The van der Waals surface area contributed by atoms with Gasteiger partial charge < -0.3 is 14.0 Å². The van der Waals surface area contributed by atoms with Crippen LogP contribution in [-0.4, -0.2) is 38.0 Å². The van der Waals surface area contributed by atoms with Crippen LogP contribution in [0, 0.1) is 6.92 Å². The van der Waals surface area contributed by atoms with E-state index in [0.29, 0.717) is 12.6 Å². The second kappa shape index (κ2) is 7.85. The van der Waals surface area contributed by atoms with Gasteiger partial charge in [0.1, 0.15) is 12.4 Å². The van der Waals surface area contributed by atoms with Crippen molar-refractivity contribution in [3.05, 3.63) is 64.3 Å². The van der Waals surface area contributed by atoms with Crippen LogP contribution < -0.4 is 5.56 Å². The van der Waals surface area contributed by atoms with Crippen molar-refractivity contribution in [3.63, 3.8) is 0 Å². The number of amides is 1. The van der Waals surface area contributed by atoms with Crippen molar-refractivity contribution >= 4 is 16.9 Å². The molecule has 0 bridgehead atoms. The van der Waals surface area contributed by atoms with Crippen LogP contribution in [0.3, 0.4) is 0 Å². The minimum atomic E-state index is -0.131. The predicted molar refractivity (Wildman–Crippen MR) is 114 cm³/mol. The summed E-state index contributed by atoms with van der Waals surface area (Å²) >= 11 is 0. The molecule has 1 atom stereocenters. The number of pyridine rings is 1. The molecule has 6 heteroatoms. The lowest BCUT2D eigenvalue weighted by Gasteiger charge is -2.33. The number of likely N-dealkylation sites (tertiary alicyclic amines) is 1. The van der Waals surface area contributed by atoms with E-state index in [1.54, 1.807) is 12.3 Å². The molecule has 1 unspecified atom stereocenters. The number of carbonyl (C=O) groups excluding carboxylic acids is 1. The summed E-state index contributed by atoms with van der Waals surface area (Å²) in [6.45, 7) is 7.70. The molecule has 0 N–H and O–H groups in total. The molecule has 1 fully saturated rings. The third-order valence-corrected chi connectivity index (χ3v) is 5.74. The van der Waals surface area contributed by atoms with E-state index in [0.717, 1.165) is 41.8 Å². The quantitative estimate of drug-likeness (QED) is 0.683. The van der Waals surface area contributed by atoms with Gasteiger partial charge >= 0.3 is 0 Å². The number of piperidine rings is 1. The number of hydrogen-bond acceptors (Lipinski definition) is 3. The minimum Gasteiger partial charge on any atom is -0.340 e. The summed E-state index contributed by atoms with van der Waals surface area (Å²) < 4.78 is 3.79. The van der Waals surface area contributed by atoms with Gasteiger partial charge in [0.25, 0.3) is 5.56 Å². The molecule has 1 aliphatic heterocycles. The fourth-order valence-corrected chi connectivity index (χ4v) is 4.29. The van der Waals surface area contributed by atoms with Gasteiger partial charge in [0.2, 0.25) is 5.91 Å². The third kappa shape index (κ3) is 3.84. The molecule has 0 saturated carbocycles. The molecule has 1 saturated heterocycles. The summed E-state index contributed by atoms with van der Waals surface area (Å²) in [5, 5.41) is 0. The molecule has 29 heavy (non-hydrogen) atoms. The van der Waals surface area contributed by atoms with Crippen LogP contribution in [0.2, 0.25) is 0 Å². The molecule has 3 heterocycles. The zero-order valence-corrected chi connectivity index (χ0v) is 17.3. The molecule has 4 rings (SSSR count). The number of benzene rings is 1. The van der Waals surface area contributed by atoms with Gasteiger partial charge in [0.05, 0.1) is 11.0 Å². The average Bonchev–Trinajstić information content (AvgIpc) is 3.10. The van der Waals surface area contributed by atoms with Gasteiger partial charge in [0, 0.05) is 37.3 Å². The van der Waals surface area contributed by atoms with E-state index in [-0.39, 0.29) is 23.9 Å². The van der Waals surface area contributed by atoms with Crippen LogP contribution in [0.25, 0.3) is 11.0 Å². The Labute approximate surface area is 170 Å². The van der Waals surface area contributed by atoms with Crippen molar-refractivity contribution in [1.29, 1.82) is 0 Å². The maximum Gasteiger partial charge on any atom is 0.251 e. The Morgan fingerprint density at radius 3 is 2.79 bits per heavy atom. The first kappa shape index (κ1) is 19.4. The number of aromatic nitrogens is 3. The van der Waals surface area contributed by atoms with Gasteiger partial charge in [-0.1, -0.05) is 12.1 Å². The zero-order chi connectivity index (χ0) is 20.5. The van der Waals surface area contributed by atoms with Crippen LogP contribution in [-0.2, 0) is 11.3 Å². The first-order valence-electron chi connectivity index (χ1n) is 10.4. The van der Waals surface area contributed by atoms with Crippen molar-refractivity contribution < 1.29 is 4.79 Å². The molecular weight excluding hydrogens is 364 g/mol. The Kier molecular flexibility index (Phi) is 5.26. The van der Waals surface area contributed by atoms with E-state index >= 15 is 0 Å². The van der Waals surface area contributed by atoms with Gasteiger partial charge in [0.15, 0.2) is 0 Å². The summed E-state index contributed by atoms with van der Waals surface area (Å²) in [4.78, 5) is 31.9. The van der Waals surface area contributed by atoms with Crippen molar-refractivity contribution in [1.82, 2.24) is 19.0 Å². The Balaban J connectivity index is 1.57. The fraction of sp³-hybridized carbons (Fsp3) is 0.435. The Morgan fingerprint density at radius 1 is 1.24 bits per heavy atom. The van der Waals surface area contributed by atoms with Crippen LogP contribution in [0.1, 0.15) is 50.0 Å². The van der Waals surface area contributed by atoms with E-state index < -0.39 is 0 Å². The zero-order valence-electron chi connectivity index (χ0n) is 17.3. The molecule has 1 amide bonds. The first-order valence-corrected chi connectivity index (χ1v) is 10.4. The van der Waals surface area contributed by atoms with Crippen molar-refractivity contribution in [2.75, 3.05) is 13.1 Å². The molecule has 1 aliphatic rings. The van der Waals surface area contributed by atoms with Gasteiger partial charge in [-0.05, 0) is 57.4 Å². The highest BCUT2D eigenvalue weighted by Gasteiger charge is 2.29. The lowest BCUT2D eigenvalue weighted by Crippen LogP contribution is -2.42. The minimum absolute atomic E-state index is 0.00661. The topological polar surface area (TPSA) is 60.1 Å². The van der Waals surface area contributed by atoms with E-state index in [4.69, 9.17) is 4.98 Å².